The Morgan fingerprint density at radius 3 is 2.58 bits per heavy atom. The standard InChI is InChI=1S/C19H16FN3O2S/c20-14-6-8-15(9-7-14)23-19(16-11-26(25)12-17(16)22-23)21-18(24)10-13-4-2-1-3-5-13/h1-9H,10-12H2,(H,21,24). The molecule has 1 aliphatic heterocycles. The minimum atomic E-state index is -1.01. The Hall–Kier alpha value is -2.80. The monoisotopic (exact) mass is 369 g/mol. The molecule has 2 heterocycles. The maximum absolute atomic E-state index is 13.2. The maximum atomic E-state index is 13.2. The van der Waals surface area contributed by atoms with E-state index in [-0.39, 0.29) is 18.1 Å². The third-order valence-electron chi connectivity index (χ3n) is 4.21. The zero-order chi connectivity index (χ0) is 18.1. The van der Waals surface area contributed by atoms with E-state index in [1.54, 1.807) is 16.8 Å². The molecule has 7 heteroatoms. The number of fused-ring (bicyclic) bond motifs is 1. The van der Waals surface area contributed by atoms with Crippen molar-refractivity contribution in [2.45, 2.75) is 17.9 Å². The van der Waals surface area contributed by atoms with Gasteiger partial charge in [-0.2, -0.15) is 5.10 Å². The first-order chi connectivity index (χ1) is 12.6. The number of rotatable bonds is 4. The van der Waals surface area contributed by atoms with Crippen LogP contribution < -0.4 is 5.32 Å². The molecule has 1 atom stereocenters. The molecule has 1 aromatic heterocycles. The van der Waals surface area contributed by atoms with Crippen molar-refractivity contribution in [1.82, 2.24) is 9.78 Å². The largest absolute Gasteiger partial charge is 0.310 e. The molecule has 4 rings (SSSR count). The summed E-state index contributed by atoms with van der Waals surface area (Å²) in [7, 11) is -1.01. The van der Waals surface area contributed by atoms with Gasteiger partial charge in [-0.05, 0) is 29.8 Å². The number of nitrogens with zero attached hydrogens (tertiary/aromatic N) is 2. The summed E-state index contributed by atoms with van der Waals surface area (Å²) < 4.78 is 26.7. The van der Waals surface area contributed by atoms with E-state index in [2.05, 4.69) is 10.4 Å². The van der Waals surface area contributed by atoms with Crippen LogP contribution in [-0.2, 0) is 33.5 Å². The van der Waals surface area contributed by atoms with Crippen molar-refractivity contribution in [2.24, 2.45) is 0 Å². The van der Waals surface area contributed by atoms with Gasteiger partial charge in [0.2, 0.25) is 5.91 Å². The van der Waals surface area contributed by atoms with Crippen LogP contribution in [0.4, 0.5) is 10.2 Å². The molecule has 1 aliphatic rings. The van der Waals surface area contributed by atoms with Crippen LogP contribution in [-0.4, -0.2) is 19.9 Å². The molecule has 0 saturated heterocycles. The highest BCUT2D eigenvalue weighted by atomic mass is 32.2. The number of aromatic nitrogens is 2. The Morgan fingerprint density at radius 2 is 1.85 bits per heavy atom. The van der Waals surface area contributed by atoms with Crippen LogP contribution in [0.15, 0.2) is 54.6 Å². The van der Waals surface area contributed by atoms with Crippen molar-refractivity contribution in [3.05, 3.63) is 77.2 Å². The lowest BCUT2D eigenvalue weighted by Crippen LogP contribution is -2.18. The Kier molecular flexibility index (Phi) is 4.38. The fourth-order valence-electron chi connectivity index (χ4n) is 2.98. The third-order valence-corrected chi connectivity index (χ3v) is 5.41. The minimum Gasteiger partial charge on any atom is -0.310 e. The van der Waals surface area contributed by atoms with E-state index in [9.17, 15) is 13.4 Å². The van der Waals surface area contributed by atoms with E-state index in [1.165, 1.54) is 12.1 Å². The molecule has 0 radical (unpaired) electrons. The van der Waals surface area contributed by atoms with Crippen molar-refractivity contribution >= 4 is 22.5 Å². The van der Waals surface area contributed by atoms with Crippen LogP contribution in [0, 0.1) is 5.82 Å². The van der Waals surface area contributed by atoms with Gasteiger partial charge in [0.15, 0.2) is 0 Å². The Labute approximate surface area is 152 Å². The Balaban J connectivity index is 1.66. The van der Waals surface area contributed by atoms with Gasteiger partial charge in [-0.3, -0.25) is 9.00 Å². The van der Waals surface area contributed by atoms with Crippen LogP contribution in [0.1, 0.15) is 16.8 Å². The number of nitrogens with one attached hydrogen (secondary N) is 1. The van der Waals surface area contributed by atoms with Crippen molar-refractivity contribution in [2.75, 3.05) is 5.32 Å². The van der Waals surface area contributed by atoms with Crippen molar-refractivity contribution in [3.8, 4) is 5.69 Å². The zero-order valence-electron chi connectivity index (χ0n) is 13.8. The SMILES string of the molecule is O=C(Cc1ccccc1)Nc1c2c(nn1-c1ccc(F)cc1)CS(=O)C2. The number of amides is 1. The van der Waals surface area contributed by atoms with Crippen molar-refractivity contribution < 1.29 is 13.4 Å². The van der Waals surface area contributed by atoms with Crippen LogP contribution in [0.5, 0.6) is 0 Å². The molecule has 5 nitrogen and oxygen atoms in total. The van der Waals surface area contributed by atoms with Crippen LogP contribution >= 0.6 is 0 Å². The summed E-state index contributed by atoms with van der Waals surface area (Å²) in [4.78, 5) is 12.5. The first-order valence-corrected chi connectivity index (χ1v) is 9.64. The van der Waals surface area contributed by atoms with Gasteiger partial charge in [0.1, 0.15) is 11.6 Å². The number of hydrogen-bond acceptors (Lipinski definition) is 3. The average Bonchev–Trinajstić information content (AvgIpc) is 3.14. The first-order valence-electron chi connectivity index (χ1n) is 8.15. The van der Waals surface area contributed by atoms with E-state index in [4.69, 9.17) is 0 Å². The Bertz CT molecular complexity index is 984. The highest BCUT2D eigenvalue weighted by Gasteiger charge is 2.28. The van der Waals surface area contributed by atoms with Gasteiger partial charge >= 0.3 is 0 Å². The summed E-state index contributed by atoms with van der Waals surface area (Å²) in [5.41, 5.74) is 3.04. The second kappa shape index (κ2) is 6.84. The molecular formula is C19H16FN3O2S. The van der Waals surface area contributed by atoms with Crippen LogP contribution in [0.2, 0.25) is 0 Å². The number of benzene rings is 2. The third kappa shape index (κ3) is 3.30. The molecule has 2 aromatic carbocycles. The van der Waals surface area contributed by atoms with Gasteiger partial charge in [-0.1, -0.05) is 30.3 Å². The predicted molar refractivity (Wildman–Crippen MR) is 97.8 cm³/mol. The lowest BCUT2D eigenvalue weighted by Gasteiger charge is -2.11. The van der Waals surface area contributed by atoms with Crippen molar-refractivity contribution in [3.63, 3.8) is 0 Å². The summed E-state index contributed by atoms with van der Waals surface area (Å²) >= 11 is 0. The lowest BCUT2D eigenvalue weighted by molar-refractivity contribution is -0.115. The summed E-state index contributed by atoms with van der Waals surface area (Å²) in [5.74, 6) is 0.713. The number of anilines is 1. The van der Waals surface area contributed by atoms with Gasteiger partial charge in [0.25, 0.3) is 0 Å². The fourth-order valence-corrected chi connectivity index (χ4v) is 4.25. The molecule has 0 spiro atoms. The molecule has 132 valence electrons. The molecule has 0 fully saturated rings. The highest BCUT2D eigenvalue weighted by molar-refractivity contribution is 7.83. The second-order valence-corrected chi connectivity index (χ2v) is 7.56. The van der Waals surface area contributed by atoms with Crippen LogP contribution in [0.25, 0.3) is 5.69 Å². The van der Waals surface area contributed by atoms with Crippen molar-refractivity contribution in [1.29, 1.82) is 0 Å². The van der Waals surface area contributed by atoms with Gasteiger partial charge in [-0.15, -0.1) is 0 Å². The topological polar surface area (TPSA) is 64.0 Å². The summed E-state index contributed by atoms with van der Waals surface area (Å²) in [6.07, 6.45) is 0.229. The molecule has 1 unspecified atom stereocenters. The highest BCUT2D eigenvalue weighted by Crippen LogP contribution is 2.31. The van der Waals surface area contributed by atoms with Gasteiger partial charge in [0.05, 0.1) is 29.3 Å². The molecular weight excluding hydrogens is 353 g/mol. The van der Waals surface area contributed by atoms with E-state index in [0.717, 1.165) is 11.1 Å². The normalized spacial score (nSPS) is 15.7. The van der Waals surface area contributed by atoms with E-state index in [1.807, 2.05) is 30.3 Å². The molecule has 0 saturated carbocycles. The first kappa shape index (κ1) is 16.7. The Morgan fingerprint density at radius 1 is 1.12 bits per heavy atom. The molecule has 0 aliphatic carbocycles. The lowest BCUT2D eigenvalue weighted by atomic mass is 10.1. The van der Waals surface area contributed by atoms with E-state index >= 15 is 0 Å². The van der Waals surface area contributed by atoms with Crippen LogP contribution in [0.3, 0.4) is 0 Å². The fraction of sp³-hybridized carbons (Fsp3) is 0.158. The van der Waals surface area contributed by atoms with Gasteiger partial charge < -0.3 is 5.32 Å². The summed E-state index contributed by atoms with van der Waals surface area (Å²) in [5, 5.41) is 7.39. The van der Waals surface area contributed by atoms with E-state index < -0.39 is 10.8 Å². The quantitative estimate of drug-likeness (QED) is 0.769. The molecule has 1 amide bonds. The average molecular weight is 369 g/mol. The summed E-state index contributed by atoms with van der Waals surface area (Å²) in [6, 6.07) is 15.3. The number of hydrogen-bond donors (Lipinski definition) is 1. The zero-order valence-corrected chi connectivity index (χ0v) is 14.6. The molecule has 3 aromatic rings. The molecule has 0 bridgehead atoms. The number of carbonyl (C=O) groups excluding carboxylic acids is 1. The summed E-state index contributed by atoms with van der Waals surface area (Å²) in [6.45, 7) is 0. The van der Waals surface area contributed by atoms with E-state index in [0.29, 0.717) is 28.7 Å². The number of halogens is 1. The predicted octanol–water partition coefficient (Wildman–Crippen LogP) is 2.95. The van der Waals surface area contributed by atoms with Gasteiger partial charge in [0, 0.05) is 16.4 Å². The molecule has 1 N–H and O–H groups in total. The number of carbonyl (C=O) groups is 1. The smallest absolute Gasteiger partial charge is 0.229 e. The maximum Gasteiger partial charge on any atom is 0.229 e. The minimum absolute atomic E-state index is 0.181. The second-order valence-electron chi connectivity index (χ2n) is 6.10. The molecule has 26 heavy (non-hydrogen) atoms. The van der Waals surface area contributed by atoms with Gasteiger partial charge in [-0.25, -0.2) is 9.07 Å².